The number of rotatable bonds is 4. The van der Waals surface area contributed by atoms with Crippen molar-refractivity contribution in [1.82, 2.24) is 4.98 Å². The number of ether oxygens (including phenoxy) is 1. The fourth-order valence-corrected chi connectivity index (χ4v) is 2.91. The Kier molecular flexibility index (Phi) is 3.98. The van der Waals surface area contributed by atoms with E-state index in [4.69, 9.17) is 4.74 Å². The maximum atomic E-state index is 12.0. The van der Waals surface area contributed by atoms with Crippen molar-refractivity contribution in [2.75, 3.05) is 0 Å². The number of benzene rings is 2. The Labute approximate surface area is 131 Å². The van der Waals surface area contributed by atoms with Crippen LogP contribution in [0.3, 0.4) is 0 Å². The summed E-state index contributed by atoms with van der Waals surface area (Å²) < 4.78 is 6.34. The topological polar surface area (TPSA) is 56.3 Å². The van der Waals surface area contributed by atoms with Gasteiger partial charge in [0.05, 0.1) is 15.8 Å². The van der Waals surface area contributed by atoms with Gasteiger partial charge in [-0.3, -0.25) is 4.79 Å². The van der Waals surface area contributed by atoms with Gasteiger partial charge in [-0.1, -0.05) is 24.3 Å². The summed E-state index contributed by atoms with van der Waals surface area (Å²) in [5, 5.41) is 0.759. The highest BCUT2D eigenvalue weighted by atomic mass is 32.1. The molecule has 5 heteroatoms. The number of Topliss-reactive ketones (excluding diaryl/α,β-unsaturated/α-hetero) is 1. The van der Waals surface area contributed by atoms with Gasteiger partial charge in [0.2, 0.25) is 0 Å². The predicted molar refractivity (Wildman–Crippen MR) is 85.2 cm³/mol. The van der Waals surface area contributed by atoms with Gasteiger partial charge in [0.25, 0.3) is 0 Å². The first kappa shape index (κ1) is 14.4. The van der Waals surface area contributed by atoms with Gasteiger partial charge in [-0.05, 0) is 31.2 Å². The summed E-state index contributed by atoms with van der Waals surface area (Å²) in [6, 6.07) is 14.2. The van der Waals surface area contributed by atoms with Crippen molar-refractivity contribution < 1.29 is 14.3 Å². The molecule has 3 aromatic rings. The van der Waals surface area contributed by atoms with Gasteiger partial charge in [-0.2, -0.15) is 0 Å². The molecule has 22 heavy (non-hydrogen) atoms. The zero-order valence-corrected chi connectivity index (χ0v) is 12.7. The van der Waals surface area contributed by atoms with E-state index < -0.39 is 5.97 Å². The number of esters is 1. The van der Waals surface area contributed by atoms with Crippen LogP contribution in [-0.4, -0.2) is 16.7 Å². The molecule has 0 radical (unpaired) electrons. The Bertz CT molecular complexity index is 803. The van der Waals surface area contributed by atoms with Crippen molar-refractivity contribution in [2.45, 2.75) is 13.5 Å². The predicted octanol–water partition coefficient (Wildman–Crippen LogP) is 3.86. The normalized spacial score (nSPS) is 10.6. The third-order valence-electron chi connectivity index (χ3n) is 3.19. The number of aromatic nitrogens is 1. The summed E-state index contributed by atoms with van der Waals surface area (Å²) in [7, 11) is 0. The van der Waals surface area contributed by atoms with Crippen LogP contribution in [-0.2, 0) is 11.3 Å². The number of ketones is 1. The molecule has 0 amide bonds. The van der Waals surface area contributed by atoms with E-state index in [9.17, 15) is 9.59 Å². The lowest BCUT2D eigenvalue weighted by Gasteiger charge is -2.03. The number of nitrogens with zero attached hydrogens (tertiary/aromatic N) is 1. The molecule has 1 heterocycles. The van der Waals surface area contributed by atoms with E-state index in [0.717, 1.165) is 15.2 Å². The average Bonchev–Trinajstić information content (AvgIpc) is 2.95. The third kappa shape index (κ3) is 3.04. The van der Waals surface area contributed by atoms with E-state index in [2.05, 4.69) is 4.98 Å². The van der Waals surface area contributed by atoms with Gasteiger partial charge in [0.15, 0.2) is 5.78 Å². The van der Waals surface area contributed by atoms with E-state index in [1.165, 1.54) is 18.3 Å². The van der Waals surface area contributed by atoms with Gasteiger partial charge in [-0.15, -0.1) is 11.3 Å². The molecule has 110 valence electrons. The molecule has 0 aliphatic heterocycles. The van der Waals surface area contributed by atoms with Gasteiger partial charge >= 0.3 is 5.97 Å². The van der Waals surface area contributed by atoms with Crippen molar-refractivity contribution >= 4 is 33.3 Å². The number of thiazole rings is 1. The molecular formula is C17H13NO3S. The lowest BCUT2D eigenvalue weighted by Crippen LogP contribution is -2.05. The van der Waals surface area contributed by atoms with E-state index >= 15 is 0 Å². The summed E-state index contributed by atoms with van der Waals surface area (Å²) >= 11 is 1.51. The summed E-state index contributed by atoms with van der Waals surface area (Å²) in [6.45, 7) is 1.63. The Hall–Kier alpha value is -2.53. The summed E-state index contributed by atoms with van der Waals surface area (Å²) in [4.78, 5) is 27.6. The van der Waals surface area contributed by atoms with Crippen LogP contribution >= 0.6 is 11.3 Å². The van der Waals surface area contributed by atoms with E-state index in [1.54, 1.807) is 24.3 Å². The second-order valence-corrected chi connectivity index (χ2v) is 5.90. The van der Waals surface area contributed by atoms with Crippen LogP contribution in [0, 0.1) is 0 Å². The smallest absolute Gasteiger partial charge is 0.338 e. The number of carbonyl (C=O) groups is 2. The number of carbonyl (C=O) groups excluding carboxylic acids is 2. The van der Waals surface area contributed by atoms with Crippen LogP contribution in [0.4, 0.5) is 0 Å². The molecular weight excluding hydrogens is 298 g/mol. The van der Waals surface area contributed by atoms with Crippen LogP contribution in [0.15, 0.2) is 48.5 Å². The molecule has 0 N–H and O–H groups in total. The minimum Gasteiger partial charge on any atom is -0.455 e. The molecule has 0 saturated heterocycles. The van der Waals surface area contributed by atoms with Crippen molar-refractivity contribution in [2.24, 2.45) is 0 Å². The Morgan fingerprint density at radius 3 is 2.41 bits per heavy atom. The fraction of sp³-hybridized carbons (Fsp3) is 0.118. The summed E-state index contributed by atoms with van der Waals surface area (Å²) in [5.74, 6) is -0.455. The zero-order valence-electron chi connectivity index (χ0n) is 11.9. The number of hydrogen-bond donors (Lipinski definition) is 0. The fourth-order valence-electron chi connectivity index (χ4n) is 2.03. The number of para-hydroxylation sites is 1. The minimum absolute atomic E-state index is 0.0330. The standard InChI is InChI=1S/C17H13NO3S/c1-11(19)12-6-8-13(9-7-12)17(20)21-10-16-18-14-4-2-3-5-15(14)22-16/h2-9H,10H2,1H3. The maximum Gasteiger partial charge on any atom is 0.338 e. The summed E-state index contributed by atoms with van der Waals surface area (Å²) in [5.41, 5.74) is 1.90. The van der Waals surface area contributed by atoms with Crippen LogP contribution in [0.25, 0.3) is 10.2 Å². The molecule has 4 nitrogen and oxygen atoms in total. The molecule has 0 aliphatic carbocycles. The van der Waals surface area contributed by atoms with Gasteiger partial charge in [0, 0.05) is 5.56 Å². The van der Waals surface area contributed by atoms with Crippen molar-refractivity contribution in [1.29, 1.82) is 0 Å². The quantitative estimate of drug-likeness (QED) is 0.542. The monoisotopic (exact) mass is 311 g/mol. The highest BCUT2D eigenvalue weighted by molar-refractivity contribution is 7.18. The van der Waals surface area contributed by atoms with Gasteiger partial charge < -0.3 is 4.74 Å². The van der Waals surface area contributed by atoms with Crippen LogP contribution < -0.4 is 0 Å². The first-order valence-electron chi connectivity index (χ1n) is 6.76. The summed E-state index contributed by atoms with van der Waals surface area (Å²) in [6.07, 6.45) is 0. The molecule has 0 atom stereocenters. The van der Waals surface area contributed by atoms with E-state index in [1.807, 2.05) is 24.3 Å². The first-order chi connectivity index (χ1) is 10.6. The molecule has 0 fully saturated rings. The molecule has 2 aromatic carbocycles. The van der Waals surface area contributed by atoms with E-state index in [0.29, 0.717) is 11.1 Å². The number of fused-ring (bicyclic) bond motifs is 1. The Balaban J connectivity index is 1.67. The third-order valence-corrected chi connectivity index (χ3v) is 4.20. The second kappa shape index (κ2) is 6.07. The lowest BCUT2D eigenvalue weighted by atomic mass is 10.1. The highest BCUT2D eigenvalue weighted by Gasteiger charge is 2.10. The maximum absolute atomic E-state index is 12.0. The van der Waals surface area contributed by atoms with Gasteiger partial charge in [-0.25, -0.2) is 9.78 Å². The van der Waals surface area contributed by atoms with Crippen molar-refractivity contribution in [3.63, 3.8) is 0 Å². The zero-order chi connectivity index (χ0) is 15.5. The molecule has 0 unspecified atom stereocenters. The molecule has 0 saturated carbocycles. The second-order valence-electron chi connectivity index (χ2n) is 4.78. The molecule has 3 rings (SSSR count). The van der Waals surface area contributed by atoms with Gasteiger partial charge in [0.1, 0.15) is 11.6 Å². The largest absolute Gasteiger partial charge is 0.455 e. The Morgan fingerprint density at radius 1 is 1.05 bits per heavy atom. The Morgan fingerprint density at radius 2 is 1.73 bits per heavy atom. The first-order valence-corrected chi connectivity index (χ1v) is 7.58. The van der Waals surface area contributed by atoms with E-state index in [-0.39, 0.29) is 12.4 Å². The molecule has 0 bridgehead atoms. The highest BCUT2D eigenvalue weighted by Crippen LogP contribution is 2.22. The van der Waals surface area contributed by atoms with Crippen LogP contribution in [0.1, 0.15) is 32.6 Å². The van der Waals surface area contributed by atoms with Crippen molar-refractivity contribution in [3.05, 3.63) is 64.7 Å². The van der Waals surface area contributed by atoms with Crippen LogP contribution in [0.2, 0.25) is 0 Å². The molecule has 1 aromatic heterocycles. The van der Waals surface area contributed by atoms with Crippen molar-refractivity contribution in [3.8, 4) is 0 Å². The van der Waals surface area contributed by atoms with Crippen LogP contribution in [0.5, 0.6) is 0 Å². The minimum atomic E-state index is -0.422. The molecule has 0 spiro atoms. The average molecular weight is 311 g/mol. The lowest BCUT2D eigenvalue weighted by molar-refractivity contribution is 0.0472. The number of hydrogen-bond acceptors (Lipinski definition) is 5. The molecule has 0 aliphatic rings. The SMILES string of the molecule is CC(=O)c1ccc(C(=O)OCc2nc3ccccc3s2)cc1.